The molecule has 106 valence electrons. The van der Waals surface area contributed by atoms with Gasteiger partial charge < -0.3 is 11.1 Å². The van der Waals surface area contributed by atoms with E-state index in [-0.39, 0.29) is 5.91 Å². The molecule has 1 heterocycles. The summed E-state index contributed by atoms with van der Waals surface area (Å²) in [5, 5.41) is 3.96. The molecule has 0 aliphatic carbocycles. The number of hydrogen-bond acceptors (Lipinski definition) is 3. The molecule has 21 heavy (non-hydrogen) atoms. The molecule has 0 fully saturated rings. The van der Waals surface area contributed by atoms with Crippen LogP contribution < -0.4 is 11.1 Å². The van der Waals surface area contributed by atoms with Gasteiger partial charge in [0, 0.05) is 9.17 Å². The maximum Gasteiger partial charge on any atom is 0.265 e. The number of nitrogens with two attached hydrogens (primary N) is 1. The third kappa shape index (κ3) is 2.80. The summed E-state index contributed by atoms with van der Waals surface area (Å²) in [4.78, 5) is 13.1. The van der Waals surface area contributed by atoms with Crippen molar-refractivity contribution in [2.45, 2.75) is 6.92 Å². The van der Waals surface area contributed by atoms with Gasteiger partial charge in [0.15, 0.2) is 0 Å². The molecular weight excluding hydrogens is 348 g/mol. The Labute approximate surface area is 134 Å². The number of carbonyl (C=O) groups excluding carboxylic acids is 1. The summed E-state index contributed by atoms with van der Waals surface area (Å²) in [5.74, 6) is -0.146. The van der Waals surface area contributed by atoms with E-state index in [2.05, 4.69) is 21.2 Å². The number of benzene rings is 2. The first kappa shape index (κ1) is 14.1. The van der Waals surface area contributed by atoms with E-state index >= 15 is 0 Å². The van der Waals surface area contributed by atoms with Crippen LogP contribution in [0, 0.1) is 6.92 Å². The van der Waals surface area contributed by atoms with Gasteiger partial charge in [-0.1, -0.05) is 18.2 Å². The van der Waals surface area contributed by atoms with Crippen LogP contribution in [-0.2, 0) is 0 Å². The fraction of sp³-hybridized carbons (Fsp3) is 0.0625. The molecule has 5 heteroatoms. The van der Waals surface area contributed by atoms with Crippen molar-refractivity contribution in [1.29, 1.82) is 0 Å². The molecule has 0 unspecified atom stereocenters. The lowest BCUT2D eigenvalue weighted by Crippen LogP contribution is -2.12. The first-order valence-corrected chi connectivity index (χ1v) is 8.01. The summed E-state index contributed by atoms with van der Waals surface area (Å²) >= 11 is 4.91. The number of carbonyl (C=O) groups is 1. The number of halogens is 1. The van der Waals surface area contributed by atoms with Crippen LogP contribution in [0.4, 0.5) is 11.4 Å². The maximum absolute atomic E-state index is 12.4. The standard InChI is InChI=1S/C16H13BrN2OS/c1-9-6-11(17)15(12(18)7-9)19-16(20)14-8-10-4-2-3-5-13(10)21-14/h2-8H,18H2,1H3,(H,19,20). The molecule has 3 aromatic rings. The SMILES string of the molecule is Cc1cc(N)c(NC(=O)c2cc3ccccc3s2)c(Br)c1. The second-order valence-electron chi connectivity index (χ2n) is 4.81. The predicted octanol–water partition coefficient (Wildman–Crippen LogP) is 4.81. The van der Waals surface area contributed by atoms with Crippen LogP contribution in [0.2, 0.25) is 0 Å². The normalized spacial score (nSPS) is 10.8. The molecule has 3 nitrogen and oxygen atoms in total. The van der Waals surface area contributed by atoms with Crippen LogP contribution in [0.1, 0.15) is 15.2 Å². The quantitative estimate of drug-likeness (QED) is 0.644. The summed E-state index contributed by atoms with van der Waals surface area (Å²) in [5.41, 5.74) is 8.19. The molecule has 0 radical (unpaired) electrons. The van der Waals surface area contributed by atoms with Crippen molar-refractivity contribution in [2.75, 3.05) is 11.1 Å². The van der Waals surface area contributed by atoms with Crippen LogP contribution >= 0.6 is 27.3 Å². The third-order valence-electron chi connectivity index (χ3n) is 3.15. The van der Waals surface area contributed by atoms with Gasteiger partial charge >= 0.3 is 0 Å². The Balaban J connectivity index is 1.93. The van der Waals surface area contributed by atoms with Crippen molar-refractivity contribution in [3.63, 3.8) is 0 Å². The molecule has 3 rings (SSSR count). The van der Waals surface area contributed by atoms with Crippen molar-refractivity contribution in [3.8, 4) is 0 Å². The molecule has 0 aliphatic heterocycles. The molecular formula is C16H13BrN2OS. The van der Waals surface area contributed by atoms with Crippen LogP contribution in [0.5, 0.6) is 0 Å². The molecule has 3 N–H and O–H groups in total. The van der Waals surface area contributed by atoms with Gasteiger partial charge in [-0.3, -0.25) is 4.79 Å². The van der Waals surface area contributed by atoms with Gasteiger partial charge in [0.1, 0.15) is 0 Å². The molecule has 0 saturated carbocycles. The lowest BCUT2D eigenvalue weighted by atomic mass is 10.2. The number of fused-ring (bicyclic) bond motifs is 1. The van der Waals surface area contributed by atoms with E-state index in [1.165, 1.54) is 11.3 Å². The minimum absolute atomic E-state index is 0.146. The number of amides is 1. The number of hydrogen-bond donors (Lipinski definition) is 2. The Kier molecular flexibility index (Phi) is 3.69. The second-order valence-corrected chi connectivity index (χ2v) is 6.75. The summed E-state index contributed by atoms with van der Waals surface area (Å²) in [7, 11) is 0. The molecule has 1 aromatic heterocycles. The van der Waals surface area contributed by atoms with E-state index in [0.717, 1.165) is 20.1 Å². The first-order valence-electron chi connectivity index (χ1n) is 6.40. The van der Waals surface area contributed by atoms with Crippen molar-refractivity contribution < 1.29 is 4.79 Å². The number of thiophene rings is 1. The van der Waals surface area contributed by atoms with Crippen molar-refractivity contribution in [2.24, 2.45) is 0 Å². The fourth-order valence-corrected chi connectivity index (χ4v) is 3.82. The van der Waals surface area contributed by atoms with Crippen LogP contribution in [0.15, 0.2) is 46.9 Å². The van der Waals surface area contributed by atoms with Crippen LogP contribution in [0.3, 0.4) is 0 Å². The van der Waals surface area contributed by atoms with Crippen molar-refractivity contribution >= 4 is 54.6 Å². The Bertz CT molecular complexity index is 785. The smallest absolute Gasteiger partial charge is 0.265 e. The predicted molar refractivity (Wildman–Crippen MR) is 93.1 cm³/mol. The van der Waals surface area contributed by atoms with E-state index in [0.29, 0.717) is 16.3 Å². The largest absolute Gasteiger partial charge is 0.397 e. The Hall–Kier alpha value is -1.85. The van der Waals surface area contributed by atoms with E-state index in [1.807, 2.05) is 49.4 Å². The zero-order valence-electron chi connectivity index (χ0n) is 11.3. The fourth-order valence-electron chi connectivity index (χ4n) is 2.17. The highest BCUT2D eigenvalue weighted by molar-refractivity contribution is 9.10. The Morgan fingerprint density at radius 2 is 2.00 bits per heavy atom. The highest BCUT2D eigenvalue weighted by Crippen LogP contribution is 2.32. The molecule has 0 spiro atoms. The molecule has 2 aromatic carbocycles. The minimum Gasteiger partial charge on any atom is -0.397 e. The third-order valence-corrected chi connectivity index (χ3v) is 4.89. The van der Waals surface area contributed by atoms with E-state index in [1.54, 1.807) is 0 Å². The zero-order valence-corrected chi connectivity index (χ0v) is 13.7. The Morgan fingerprint density at radius 3 is 2.71 bits per heavy atom. The topological polar surface area (TPSA) is 55.1 Å². The zero-order chi connectivity index (χ0) is 15.0. The average Bonchev–Trinajstić information content (AvgIpc) is 2.86. The highest BCUT2D eigenvalue weighted by Gasteiger charge is 2.14. The lowest BCUT2D eigenvalue weighted by Gasteiger charge is -2.10. The van der Waals surface area contributed by atoms with Crippen molar-refractivity contribution in [3.05, 3.63) is 57.4 Å². The number of nitrogen functional groups attached to an aromatic ring is 1. The van der Waals surface area contributed by atoms with Gasteiger partial charge in [-0.2, -0.15) is 0 Å². The van der Waals surface area contributed by atoms with E-state index < -0.39 is 0 Å². The molecule has 0 atom stereocenters. The van der Waals surface area contributed by atoms with Gasteiger partial charge in [0.2, 0.25) is 0 Å². The van der Waals surface area contributed by atoms with Gasteiger partial charge in [-0.25, -0.2) is 0 Å². The maximum atomic E-state index is 12.4. The summed E-state index contributed by atoms with van der Waals surface area (Å²) in [6.45, 7) is 1.96. The van der Waals surface area contributed by atoms with Crippen LogP contribution in [0.25, 0.3) is 10.1 Å². The lowest BCUT2D eigenvalue weighted by molar-refractivity contribution is 0.103. The monoisotopic (exact) mass is 360 g/mol. The molecule has 0 bridgehead atoms. The summed E-state index contributed by atoms with van der Waals surface area (Å²) in [6, 6.07) is 13.6. The number of anilines is 2. The second kappa shape index (κ2) is 5.50. The van der Waals surface area contributed by atoms with Gasteiger partial charge in [-0.15, -0.1) is 11.3 Å². The minimum atomic E-state index is -0.146. The van der Waals surface area contributed by atoms with Crippen LogP contribution in [-0.4, -0.2) is 5.91 Å². The van der Waals surface area contributed by atoms with E-state index in [4.69, 9.17) is 5.73 Å². The molecule has 0 saturated heterocycles. The summed E-state index contributed by atoms with van der Waals surface area (Å²) < 4.78 is 1.88. The first-order chi connectivity index (χ1) is 10.0. The van der Waals surface area contributed by atoms with Gasteiger partial charge in [0.25, 0.3) is 5.91 Å². The summed E-state index contributed by atoms with van der Waals surface area (Å²) in [6.07, 6.45) is 0. The Morgan fingerprint density at radius 1 is 1.24 bits per heavy atom. The molecule has 1 amide bonds. The van der Waals surface area contributed by atoms with Gasteiger partial charge in [-0.05, 0) is 58.1 Å². The average molecular weight is 361 g/mol. The van der Waals surface area contributed by atoms with E-state index in [9.17, 15) is 4.79 Å². The molecule has 0 aliphatic rings. The van der Waals surface area contributed by atoms with Gasteiger partial charge in [0.05, 0.1) is 16.3 Å². The number of aryl methyl sites for hydroxylation is 1. The number of rotatable bonds is 2. The number of nitrogens with one attached hydrogen (secondary N) is 1. The van der Waals surface area contributed by atoms with Crippen molar-refractivity contribution in [1.82, 2.24) is 0 Å². The highest BCUT2D eigenvalue weighted by atomic mass is 79.9.